The van der Waals surface area contributed by atoms with Crippen LogP contribution in [-0.4, -0.2) is 62.6 Å². The molecule has 4 aromatic rings. The summed E-state index contributed by atoms with van der Waals surface area (Å²) in [5.74, 6) is 1.48. The second-order valence-corrected chi connectivity index (χ2v) is 8.08. The number of aromatic nitrogens is 5. The molecule has 1 saturated heterocycles. The van der Waals surface area contributed by atoms with Gasteiger partial charge >= 0.3 is 0 Å². The zero-order chi connectivity index (χ0) is 23.5. The lowest BCUT2D eigenvalue weighted by Crippen LogP contribution is -2.47. The average Bonchev–Trinajstić information content (AvgIpc) is 3.27. The summed E-state index contributed by atoms with van der Waals surface area (Å²) >= 11 is 0. The number of carbonyl (C=O) groups excluding carboxylic acids is 2. The van der Waals surface area contributed by atoms with Gasteiger partial charge in [-0.25, -0.2) is 19.6 Å². The molecule has 172 valence electrons. The van der Waals surface area contributed by atoms with Gasteiger partial charge in [0.05, 0.1) is 11.6 Å². The second-order valence-electron chi connectivity index (χ2n) is 8.08. The van der Waals surface area contributed by atoms with Crippen molar-refractivity contribution >= 4 is 40.0 Å². The number of nitrogens with zero attached hydrogens (tertiary/aromatic N) is 7. The Labute approximate surface area is 196 Å². The predicted octanol–water partition coefficient (Wildman–Crippen LogP) is 2.39. The first kappa shape index (κ1) is 21.5. The molecule has 0 saturated carbocycles. The number of rotatable bonds is 6. The van der Waals surface area contributed by atoms with Crippen LogP contribution in [-0.2, 0) is 11.3 Å². The Balaban J connectivity index is 1.29. The first-order valence-corrected chi connectivity index (χ1v) is 11.1. The van der Waals surface area contributed by atoms with Gasteiger partial charge in [-0.05, 0) is 31.2 Å². The molecule has 3 aromatic heterocycles. The van der Waals surface area contributed by atoms with Crippen molar-refractivity contribution in [1.82, 2.24) is 24.7 Å². The topological polar surface area (TPSA) is 109 Å². The van der Waals surface area contributed by atoms with Crippen LogP contribution >= 0.6 is 0 Å². The van der Waals surface area contributed by atoms with E-state index in [1.54, 1.807) is 41.3 Å². The fraction of sp³-hybridized carbons (Fsp3) is 0.250. The van der Waals surface area contributed by atoms with Gasteiger partial charge in [0.15, 0.2) is 11.4 Å². The standard InChI is InChI=1S/C24H24N8O2/c1-17(33)18-5-4-6-19(13-18)29-22(34)15-32-24-20(14-28-32)23(26-16-27-24)31-11-9-30(10-12-31)21-7-2-3-8-25-21/h2-8,13-14,16H,9-12,15H2,1H3,(H,29,34). The van der Waals surface area contributed by atoms with Gasteiger partial charge in [0.25, 0.3) is 0 Å². The summed E-state index contributed by atoms with van der Waals surface area (Å²) in [7, 11) is 0. The molecule has 1 fully saturated rings. The molecule has 4 heterocycles. The van der Waals surface area contributed by atoms with Gasteiger partial charge in [0.2, 0.25) is 5.91 Å². The minimum atomic E-state index is -0.255. The summed E-state index contributed by atoms with van der Waals surface area (Å²) in [6.07, 6.45) is 5.02. The van der Waals surface area contributed by atoms with E-state index in [0.29, 0.717) is 16.9 Å². The molecule has 1 N–H and O–H groups in total. The third-order valence-electron chi connectivity index (χ3n) is 5.81. The summed E-state index contributed by atoms with van der Waals surface area (Å²) in [6.45, 7) is 4.74. The minimum absolute atomic E-state index is 0.00228. The van der Waals surface area contributed by atoms with Gasteiger partial charge in [-0.3, -0.25) is 9.59 Å². The highest BCUT2D eigenvalue weighted by Gasteiger charge is 2.22. The van der Waals surface area contributed by atoms with Gasteiger partial charge in [-0.2, -0.15) is 5.10 Å². The van der Waals surface area contributed by atoms with Crippen LogP contribution in [0, 0.1) is 0 Å². The third kappa shape index (κ3) is 4.42. The second kappa shape index (κ2) is 9.26. The van der Waals surface area contributed by atoms with Crippen LogP contribution in [0.4, 0.5) is 17.3 Å². The molecule has 0 atom stereocenters. The van der Waals surface area contributed by atoms with Crippen molar-refractivity contribution in [1.29, 1.82) is 0 Å². The van der Waals surface area contributed by atoms with Crippen molar-refractivity contribution in [2.75, 3.05) is 41.3 Å². The first-order chi connectivity index (χ1) is 16.6. The van der Waals surface area contributed by atoms with Crippen LogP contribution in [0.5, 0.6) is 0 Å². The highest BCUT2D eigenvalue weighted by molar-refractivity contribution is 5.97. The van der Waals surface area contributed by atoms with Gasteiger partial charge in [-0.15, -0.1) is 0 Å². The van der Waals surface area contributed by atoms with Crippen molar-refractivity contribution in [2.45, 2.75) is 13.5 Å². The van der Waals surface area contributed by atoms with Crippen LogP contribution in [0.2, 0.25) is 0 Å². The molecular formula is C24H24N8O2. The molecule has 10 heteroatoms. The number of Topliss-reactive ketones (excluding diaryl/α,β-unsaturated/α-hetero) is 1. The van der Waals surface area contributed by atoms with Crippen LogP contribution in [0.3, 0.4) is 0 Å². The Bertz CT molecular complexity index is 1330. The van der Waals surface area contributed by atoms with Gasteiger partial charge in [0, 0.05) is 43.6 Å². The highest BCUT2D eigenvalue weighted by Crippen LogP contribution is 2.24. The molecule has 10 nitrogen and oxygen atoms in total. The molecule has 34 heavy (non-hydrogen) atoms. The van der Waals surface area contributed by atoms with Crippen molar-refractivity contribution in [3.8, 4) is 0 Å². The van der Waals surface area contributed by atoms with E-state index in [1.807, 2.05) is 18.2 Å². The molecular weight excluding hydrogens is 432 g/mol. The largest absolute Gasteiger partial charge is 0.353 e. The number of ketones is 1. The van der Waals surface area contributed by atoms with E-state index in [-0.39, 0.29) is 18.2 Å². The smallest absolute Gasteiger partial charge is 0.246 e. The lowest BCUT2D eigenvalue weighted by molar-refractivity contribution is -0.116. The number of pyridine rings is 1. The first-order valence-electron chi connectivity index (χ1n) is 11.1. The van der Waals surface area contributed by atoms with Crippen LogP contribution in [0.1, 0.15) is 17.3 Å². The number of hydrogen-bond acceptors (Lipinski definition) is 8. The van der Waals surface area contributed by atoms with E-state index in [2.05, 4.69) is 35.2 Å². The van der Waals surface area contributed by atoms with E-state index in [9.17, 15) is 9.59 Å². The van der Waals surface area contributed by atoms with E-state index in [0.717, 1.165) is 43.2 Å². The quantitative estimate of drug-likeness (QED) is 0.441. The van der Waals surface area contributed by atoms with Gasteiger partial charge in [0.1, 0.15) is 24.5 Å². The monoisotopic (exact) mass is 456 g/mol. The zero-order valence-corrected chi connectivity index (χ0v) is 18.8. The van der Waals surface area contributed by atoms with Gasteiger partial charge in [-0.1, -0.05) is 18.2 Å². The van der Waals surface area contributed by atoms with Crippen molar-refractivity contribution in [2.24, 2.45) is 0 Å². The number of amides is 1. The Morgan fingerprint density at radius 3 is 2.56 bits per heavy atom. The maximum atomic E-state index is 12.6. The third-order valence-corrected chi connectivity index (χ3v) is 5.81. The normalized spacial score (nSPS) is 13.8. The fourth-order valence-electron chi connectivity index (χ4n) is 4.09. The Morgan fingerprint density at radius 1 is 0.971 bits per heavy atom. The molecule has 0 aliphatic carbocycles. The summed E-state index contributed by atoms with van der Waals surface area (Å²) < 4.78 is 1.56. The van der Waals surface area contributed by atoms with Crippen LogP contribution in [0.15, 0.2) is 61.2 Å². The van der Waals surface area contributed by atoms with E-state index in [4.69, 9.17) is 0 Å². The molecule has 1 aliphatic heterocycles. The lowest BCUT2D eigenvalue weighted by atomic mass is 10.1. The minimum Gasteiger partial charge on any atom is -0.353 e. The number of anilines is 3. The SMILES string of the molecule is CC(=O)c1cccc(NC(=O)Cn2ncc3c(N4CCN(c5ccccn5)CC4)ncnc32)c1. The molecule has 0 bridgehead atoms. The fourth-order valence-corrected chi connectivity index (χ4v) is 4.09. The zero-order valence-electron chi connectivity index (χ0n) is 18.8. The lowest BCUT2D eigenvalue weighted by Gasteiger charge is -2.36. The molecule has 0 unspecified atom stereocenters. The molecule has 0 radical (unpaired) electrons. The summed E-state index contributed by atoms with van der Waals surface area (Å²) in [4.78, 5) is 42.0. The Morgan fingerprint density at radius 2 is 1.79 bits per heavy atom. The molecule has 1 amide bonds. The number of piperazine rings is 1. The summed E-state index contributed by atoms with van der Waals surface area (Å²) in [5, 5.41) is 8.02. The number of benzene rings is 1. The van der Waals surface area contributed by atoms with Gasteiger partial charge < -0.3 is 15.1 Å². The Kier molecular flexibility index (Phi) is 5.86. The maximum absolute atomic E-state index is 12.6. The number of fused-ring (bicyclic) bond motifs is 1. The van der Waals surface area contributed by atoms with Crippen molar-refractivity contribution < 1.29 is 9.59 Å². The van der Waals surface area contributed by atoms with Crippen LogP contribution < -0.4 is 15.1 Å². The van der Waals surface area contributed by atoms with E-state index >= 15 is 0 Å². The maximum Gasteiger partial charge on any atom is 0.246 e. The Hall–Kier alpha value is -4.34. The summed E-state index contributed by atoms with van der Waals surface area (Å²) in [6, 6.07) is 12.8. The van der Waals surface area contributed by atoms with Crippen molar-refractivity contribution in [3.05, 3.63) is 66.7 Å². The molecule has 1 aromatic carbocycles. The van der Waals surface area contributed by atoms with Crippen molar-refractivity contribution in [3.63, 3.8) is 0 Å². The average molecular weight is 457 g/mol. The number of nitrogens with one attached hydrogen (secondary N) is 1. The summed E-state index contributed by atoms with van der Waals surface area (Å²) in [5.41, 5.74) is 1.71. The molecule has 0 spiro atoms. The number of hydrogen-bond donors (Lipinski definition) is 1. The number of carbonyl (C=O) groups is 2. The molecule has 5 rings (SSSR count). The highest BCUT2D eigenvalue weighted by atomic mass is 16.2. The predicted molar refractivity (Wildman–Crippen MR) is 129 cm³/mol. The van der Waals surface area contributed by atoms with E-state index in [1.165, 1.54) is 13.3 Å². The van der Waals surface area contributed by atoms with E-state index < -0.39 is 0 Å². The van der Waals surface area contributed by atoms with Crippen LogP contribution in [0.25, 0.3) is 11.0 Å². The molecule has 1 aliphatic rings.